The van der Waals surface area contributed by atoms with Crippen LogP contribution in [0.5, 0.6) is 5.75 Å². The second-order valence-corrected chi connectivity index (χ2v) is 9.19. The lowest BCUT2D eigenvalue weighted by atomic mass is 10.0. The lowest BCUT2D eigenvalue weighted by Crippen LogP contribution is -2.42. The van der Waals surface area contributed by atoms with Crippen LogP contribution in [0.3, 0.4) is 0 Å². The first-order valence-corrected chi connectivity index (χ1v) is 12.0. The van der Waals surface area contributed by atoms with Crippen molar-refractivity contribution in [2.45, 2.75) is 18.4 Å². The topological polar surface area (TPSA) is 115 Å². The number of carbonyl (C=O) groups is 2. The number of amides is 2. The predicted molar refractivity (Wildman–Crippen MR) is 133 cm³/mol. The predicted octanol–water partition coefficient (Wildman–Crippen LogP) is 3.88. The average molecular weight is 578 g/mol. The molecule has 214 valence electrons. The molecule has 15 heteroatoms. The number of aromatic nitrogens is 3. The average Bonchev–Trinajstić information content (AvgIpc) is 3.50. The van der Waals surface area contributed by atoms with Crippen LogP contribution in [0.1, 0.15) is 26.3 Å². The lowest BCUT2D eigenvalue weighted by molar-refractivity contribution is -0.136. The molecule has 2 amide bonds. The number of benzene rings is 2. The van der Waals surface area contributed by atoms with Crippen molar-refractivity contribution in [2.24, 2.45) is 0 Å². The summed E-state index contributed by atoms with van der Waals surface area (Å²) in [6.45, 7) is -0.585. The van der Waals surface area contributed by atoms with Crippen molar-refractivity contribution in [2.75, 3.05) is 25.9 Å². The zero-order valence-corrected chi connectivity index (χ0v) is 21.0. The van der Waals surface area contributed by atoms with Crippen LogP contribution in [0.4, 0.5) is 32.2 Å². The first-order chi connectivity index (χ1) is 19.4. The minimum Gasteiger partial charge on any atom is -0.496 e. The van der Waals surface area contributed by atoms with E-state index in [1.807, 2.05) is 0 Å². The van der Waals surface area contributed by atoms with Crippen LogP contribution in [0.25, 0.3) is 16.8 Å². The van der Waals surface area contributed by atoms with E-state index in [0.717, 1.165) is 47.1 Å². The fourth-order valence-electron chi connectivity index (χ4n) is 4.66. The van der Waals surface area contributed by atoms with Crippen LogP contribution < -0.4 is 15.8 Å². The van der Waals surface area contributed by atoms with E-state index in [2.05, 4.69) is 15.4 Å². The van der Waals surface area contributed by atoms with Gasteiger partial charge >= 0.3 is 6.18 Å². The maximum absolute atomic E-state index is 15.2. The van der Waals surface area contributed by atoms with Crippen LogP contribution in [0.2, 0.25) is 0 Å². The molecule has 0 bridgehead atoms. The van der Waals surface area contributed by atoms with Crippen molar-refractivity contribution in [1.82, 2.24) is 24.8 Å². The second kappa shape index (κ2) is 10.3. The van der Waals surface area contributed by atoms with Crippen molar-refractivity contribution >= 4 is 23.1 Å². The van der Waals surface area contributed by atoms with Gasteiger partial charge in [-0.2, -0.15) is 18.3 Å². The highest BCUT2D eigenvalue weighted by molar-refractivity contribution is 5.99. The summed E-state index contributed by atoms with van der Waals surface area (Å²) < 4.78 is 90.4. The van der Waals surface area contributed by atoms with Crippen LogP contribution in [0, 0.1) is 11.6 Å². The van der Waals surface area contributed by atoms with Crippen molar-refractivity contribution < 1.29 is 40.7 Å². The van der Waals surface area contributed by atoms with Gasteiger partial charge in [0.2, 0.25) is 0 Å². The number of hydrogen-bond donors (Lipinski definition) is 2. The fourth-order valence-corrected chi connectivity index (χ4v) is 4.66. The Kier molecular flexibility index (Phi) is 6.97. The van der Waals surface area contributed by atoms with Crippen molar-refractivity contribution in [3.63, 3.8) is 0 Å². The maximum Gasteiger partial charge on any atom is 0.418 e. The largest absolute Gasteiger partial charge is 0.496 e. The van der Waals surface area contributed by atoms with E-state index in [4.69, 9.17) is 10.5 Å². The molecule has 1 saturated heterocycles. The number of nitrogens with zero attached hydrogens (tertiary/aromatic N) is 4. The number of alkyl halides is 4. The zero-order valence-electron chi connectivity index (χ0n) is 21.0. The molecule has 2 aromatic carbocycles. The standard InChI is InChI=1S/C26H20F6N6O3/c1-41-21-8-17(28)14(20-7-16(26(30,31)32)22-23(33)34-11-35-38(20)22)6-15(21)24(39)36-19-10-37(9-18(19)29)25(40)12-2-4-13(27)5-3-12/h2-8,11,18-19H,9-10H2,1H3,(H,36,39)(H2,33,34,35)/t18-,19+/m0/s1. The molecule has 4 aromatic rings. The summed E-state index contributed by atoms with van der Waals surface area (Å²) in [4.78, 5) is 30.7. The summed E-state index contributed by atoms with van der Waals surface area (Å²) in [6, 6.07) is 5.86. The van der Waals surface area contributed by atoms with E-state index in [1.165, 1.54) is 12.1 Å². The number of methoxy groups -OCH3 is 1. The number of rotatable bonds is 5. The molecule has 0 spiro atoms. The molecule has 1 aliphatic rings. The Morgan fingerprint density at radius 2 is 1.80 bits per heavy atom. The molecule has 0 saturated carbocycles. The number of anilines is 1. The van der Waals surface area contributed by atoms with Gasteiger partial charge in [-0.15, -0.1) is 0 Å². The Labute approximate surface area is 227 Å². The van der Waals surface area contributed by atoms with Crippen molar-refractivity contribution in [3.8, 4) is 17.0 Å². The first-order valence-electron chi connectivity index (χ1n) is 12.0. The van der Waals surface area contributed by atoms with Gasteiger partial charge in [0.05, 0.1) is 36.5 Å². The summed E-state index contributed by atoms with van der Waals surface area (Å²) in [5.74, 6) is -3.87. The molecule has 2 aromatic heterocycles. The Morgan fingerprint density at radius 1 is 1.10 bits per heavy atom. The van der Waals surface area contributed by atoms with E-state index in [1.54, 1.807) is 0 Å². The van der Waals surface area contributed by atoms with Crippen LogP contribution in [-0.4, -0.2) is 63.7 Å². The quantitative estimate of drug-likeness (QED) is 0.348. The van der Waals surface area contributed by atoms with Gasteiger partial charge in [0, 0.05) is 23.7 Å². The summed E-state index contributed by atoms with van der Waals surface area (Å²) in [5, 5.41) is 6.21. The Hall–Kier alpha value is -4.82. The van der Waals surface area contributed by atoms with E-state index in [-0.39, 0.29) is 35.7 Å². The molecule has 3 heterocycles. The van der Waals surface area contributed by atoms with Gasteiger partial charge in [0.25, 0.3) is 11.8 Å². The smallest absolute Gasteiger partial charge is 0.418 e. The number of nitrogens with two attached hydrogens (primary N) is 1. The summed E-state index contributed by atoms with van der Waals surface area (Å²) >= 11 is 0. The number of hydrogen-bond acceptors (Lipinski definition) is 6. The SMILES string of the molecule is COc1cc(F)c(-c2cc(C(F)(F)F)c3c(N)ncnn23)cc1C(=O)N[C@@H]1CN(C(=O)c2ccc(F)cc2)C[C@@H]1F. The molecule has 2 atom stereocenters. The van der Waals surface area contributed by atoms with Gasteiger partial charge in [-0.3, -0.25) is 9.59 Å². The molecule has 0 aliphatic carbocycles. The van der Waals surface area contributed by atoms with Crippen molar-refractivity contribution in [1.29, 1.82) is 0 Å². The van der Waals surface area contributed by atoms with Crippen LogP contribution in [0.15, 0.2) is 48.8 Å². The number of ether oxygens (including phenoxy) is 1. The number of nitrogens with one attached hydrogen (secondary N) is 1. The lowest BCUT2D eigenvalue weighted by Gasteiger charge is -2.18. The Bertz CT molecular complexity index is 1660. The highest BCUT2D eigenvalue weighted by Gasteiger charge is 2.39. The fraction of sp³-hybridized carbons (Fsp3) is 0.231. The maximum atomic E-state index is 15.2. The van der Waals surface area contributed by atoms with Gasteiger partial charge in [-0.05, 0) is 36.4 Å². The molecule has 1 fully saturated rings. The molecular formula is C26H20F6N6O3. The molecule has 9 nitrogen and oxygen atoms in total. The van der Waals surface area contributed by atoms with Gasteiger partial charge in [0.1, 0.15) is 35.4 Å². The second-order valence-electron chi connectivity index (χ2n) is 9.19. The Balaban J connectivity index is 1.46. The number of carbonyl (C=O) groups excluding carboxylic acids is 2. The molecule has 0 unspecified atom stereocenters. The van der Waals surface area contributed by atoms with Crippen molar-refractivity contribution in [3.05, 3.63) is 77.1 Å². The van der Waals surface area contributed by atoms with Gasteiger partial charge in [-0.1, -0.05) is 0 Å². The van der Waals surface area contributed by atoms with Gasteiger partial charge in [-0.25, -0.2) is 22.7 Å². The minimum atomic E-state index is -4.89. The number of likely N-dealkylation sites (tertiary alicyclic amines) is 1. The molecule has 5 rings (SSSR count). The number of nitrogen functional groups attached to an aromatic ring is 1. The third-order valence-corrected chi connectivity index (χ3v) is 6.64. The minimum absolute atomic E-state index is 0.123. The summed E-state index contributed by atoms with van der Waals surface area (Å²) in [5.41, 5.74) is 2.82. The third kappa shape index (κ3) is 5.10. The number of fused-ring (bicyclic) bond motifs is 1. The van der Waals surface area contributed by atoms with E-state index in [0.29, 0.717) is 6.07 Å². The Morgan fingerprint density at radius 3 is 2.46 bits per heavy atom. The van der Waals surface area contributed by atoms with Gasteiger partial charge in [0.15, 0.2) is 5.82 Å². The molecular weight excluding hydrogens is 558 g/mol. The van der Waals surface area contributed by atoms with Crippen LogP contribution in [-0.2, 0) is 6.18 Å². The third-order valence-electron chi connectivity index (χ3n) is 6.64. The van der Waals surface area contributed by atoms with E-state index < -0.39 is 64.3 Å². The highest BCUT2D eigenvalue weighted by Crippen LogP contribution is 2.40. The molecule has 1 aliphatic heterocycles. The van der Waals surface area contributed by atoms with E-state index in [9.17, 15) is 31.5 Å². The molecule has 0 radical (unpaired) electrons. The molecule has 3 N–H and O–H groups in total. The molecule has 41 heavy (non-hydrogen) atoms. The summed E-state index contributed by atoms with van der Waals surface area (Å²) in [7, 11) is 1.14. The normalized spacial score (nSPS) is 17.2. The van der Waals surface area contributed by atoms with E-state index >= 15 is 4.39 Å². The highest BCUT2D eigenvalue weighted by atomic mass is 19.4. The van der Waals surface area contributed by atoms with Gasteiger partial charge < -0.3 is 20.7 Å². The monoisotopic (exact) mass is 578 g/mol. The number of halogens is 6. The first kappa shape index (κ1) is 27.7. The zero-order chi connectivity index (χ0) is 29.6. The van der Waals surface area contributed by atoms with Crippen LogP contribution >= 0.6 is 0 Å². The summed E-state index contributed by atoms with van der Waals surface area (Å²) in [6.07, 6.45) is -5.68.